The van der Waals surface area contributed by atoms with Crippen molar-refractivity contribution in [1.82, 2.24) is 4.98 Å². The standard InChI is InChI=1S/C10H11N.2C2H6/c1-8(2)6-10-7-11-5-4-9(10)3;2*1-2/h4-7H,1,3H2,2H3;2*1-2H3/b10-6-;;. The molecule has 1 heterocycles. The van der Waals surface area contributed by atoms with Crippen molar-refractivity contribution in [2.24, 2.45) is 0 Å². The van der Waals surface area contributed by atoms with Crippen molar-refractivity contribution < 1.29 is 0 Å². The van der Waals surface area contributed by atoms with Crippen LogP contribution in [0.25, 0.3) is 12.7 Å². The van der Waals surface area contributed by atoms with Crippen LogP contribution in [-0.4, -0.2) is 4.98 Å². The largest absolute Gasteiger partial charge is 0.264 e. The summed E-state index contributed by atoms with van der Waals surface area (Å²) in [6, 6.07) is 1.88. The van der Waals surface area contributed by atoms with Crippen molar-refractivity contribution in [2.45, 2.75) is 34.6 Å². The molecule has 1 heteroatoms. The van der Waals surface area contributed by atoms with Crippen LogP contribution < -0.4 is 10.4 Å². The number of aromatic nitrogens is 1. The van der Waals surface area contributed by atoms with E-state index in [1.807, 2.05) is 46.8 Å². The van der Waals surface area contributed by atoms with Gasteiger partial charge in [-0.05, 0) is 23.4 Å². The highest BCUT2D eigenvalue weighted by molar-refractivity contribution is 5.42. The van der Waals surface area contributed by atoms with Gasteiger partial charge in [-0.15, -0.1) is 0 Å². The summed E-state index contributed by atoms with van der Waals surface area (Å²) >= 11 is 0. The Morgan fingerprint density at radius 1 is 1.27 bits per heavy atom. The fourth-order valence-corrected chi connectivity index (χ4v) is 0.831. The molecule has 0 amide bonds. The second-order valence-electron chi connectivity index (χ2n) is 2.57. The highest BCUT2D eigenvalue weighted by Crippen LogP contribution is 1.84. The molecule has 0 spiro atoms. The van der Waals surface area contributed by atoms with Gasteiger partial charge < -0.3 is 0 Å². The van der Waals surface area contributed by atoms with Gasteiger partial charge in [0.1, 0.15) is 0 Å². The Morgan fingerprint density at radius 2 is 1.80 bits per heavy atom. The van der Waals surface area contributed by atoms with Crippen LogP contribution in [0.2, 0.25) is 0 Å². The van der Waals surface area contributed by atoms with Crippen LogP contribution in [0.5, 0.6) is 0 Å². The minimum absolute atomic E-state index is 0.989. The van der Waals surface area contributed by atoms with Gasteiger partial charge in [-0.3, -0.25) is 4.98 Å². The fraction of sp³-hybridized carbons (Fsp3) is 0.357. The molecule has 0 aromatic carbocycles. The molecule has 0 atom stereocenters. The molecule has 1 rings (SSSR count). The molecule has 0 saturated carbocycles. The Kier molecular flexibility index (Phi) is 11.5. The lowest BCUT2D eigenvalue weighted by Gasteiger charge is -1.87. The van der Waals surface area contributed by atoms with Gasteiger partial charge in [-0.1, -0.05) is 52.5 Å². The molecule has 15 heavy (non-hydrogen) atoms. The number of allylic oxidation sites excluding steroid dienone is 1. The second kappa shape index (κ2) is 10.7. The molecule has 1 aromatic heterocycles. The maximum absolute atomic E-state index is 3.99. The third-order valence-electron chi connectivity index (χ3n) is 1.35. The number of pyridine rings is 1. The predicted octanol–water partition coefficient (Wildman–Crippen LogP) is 2.90. The third-order valence-corrected chi connectivity index (χ3v) is 1.35. The van der Waals surface area contributed by atoms with E-state index in [4.69, 9.17) is 0 Å². The van der Waals surface area contributed by atoms with Crippen LogP contribution >= 0.6 is 0 Å². The number of hydrogen-bond acceptors (Lipinski definition) is 1. The van der Waals surface area contributed by atoms with Crippen LogP contribution in [0.3, 0.4) is 0 Å². The van der Waals surface area contributed by atoms with Gasteiger partial charge in [0.2, 0.25) is 0 Å². The van der Waals surface area contributed by atoms with Gasteiger partial charge >= 0.3 is 0 Å². The van der Waals surface area contributed by atoms with Gasteiger partial charge in [0.05, 0.1) is 0 Å². The molecular weight excluding hydrogens is 182 g/mol. The summed E-state index contributed by atoms with van der Waals surface area (Å²) in [4.78, 5) is 3.99. The summed E-state index contributed by atoms with van der Waals surface area (Å²) in [6.07, 6.45) is 5.49. The van der Waals surface area contributed by atoms with Crippen molar-refractivity contribution in [3.8, 4) is 0 Å². The van der Waals surface area contributed by atoms with E-state index in [0.29, 0.717) is 0 Å². The van der Waals surface area contributed by atoms with E-state index in [1.165, 1.54) is 0 Å². The predicted molar refractivity (Wildman–Crippen MR) is 71.0 cm³/mol. The molecule has 0 aliphatic rings. The SMILES string of the molecule is C=C(C)/C=c1/cnccc1=C.CC.CC. The highest BCUT2D eigenvalue weighted by Gasteiger charge is 1.80. The molecule has 0 fully saturated rings. The quantitative estimate of drug-likeness (QED) is 0.687. The van der Waals surface area contributed by atoms with Crippen LogP contribution in [0, 0.1) is 0 Å². The number of hydrogen-bond donors (Lipinski definition) is 0. The number of nitrogens with zero attached hydrogens (tertiary/aromatic N) is 1. The van der Waals surface area contributed by atoms with Crippen molar-refractivity contribution in [2.75, 3.05) is 0 Å². The second-order valence-corrected chi connectivity index (χ2v) is 2.57. The molecule has 0 aliphatic carbocycles. The first-order valence-electron chi connectivity index (χ1n) is 5.46. The molecule has 0 N–H and O–H groups in total. The maximum Gasteiger partial charge on any atom is 0.0346 e. The smallest absolute Gasteiger partial charge is 0.0346 e. The Bertz CT molecular complexity index is 363. The monoisotopic (exact) mass is 205 g/mol. The van der Waals surface area contributed by atoms with Gasteiger partial charge in [0, 0.05) is 12.4 Å². The van der Waals surface area contributed by atoms with Crippen LogP contribution in [-0.2, 0) is 0 Å². The Morgan fingerprint density at radius 3 is 2.20 bits per heavy atom. The average Bonchev–Trinajstić information content (AvgIpc) is 2.27. The zero-order chi connectivity index (χ0) is 12.3. The molecule has 0 bridgehead atoms. The van der Waals surface area contributed by atoms with E-state index < -0.39 is 0 Å². The summed E-state index contributed by atoms with van der Waals surface area (Å²) in [5.74, 6) is 0. The molecule has 1 aromatic rings. The van der Waals surface area contributed by atoms with Crippen LogP contribution in [0.4, 0.5) is 0 Å². The van der Waals surface area contributed by atoms with E-state index in [1.54, 1.807) is 12.4 Å². The van der Waals surface area contributed by atoms with Crippen molar-refractivity contribution in [3.63, 3.8) is 0 Å². The van der Waals surface area contributed by atoms with Crippen molar-refractivity contribution >= 4 is 12.7 Å². The summed E-state index contributed by atoms with van der Waals surface area (Å²) < 4.78 is 0. The van der Waals surface area contributed by atoms with E-state index in [-0.39, 0.29) is 0 Å². The van der Waals surface area contributed by atoms with Crippen molar-refractivity contribution in [3.05, 3.63) is 41.0 Å². The van der Waals surface area contributed by atoms with Gasteiger partial charge in [-0.2, -0.15) is 0 Å². The van der Waals surface area contributed by atoms with Crippen LogP contribution in [0.1, 0.15) is 34.6 Å². The van der Waals surface area contributed by atoms with Gasteiger partial charge in [-0.25, -0.2) is 0 Å². The van der Waals surface area contributed by atoms with Crippen molar-refractivity contribution in [1.29, 1.82) is 0 Å². The normalized spacial score (nSPS) is 9.27. The van der Waals surface area contributed by atoms with E-state index in [0.717, 1.165) is 16.0 Å². The Balaban J connectivity index is 0. The van der Waals surface area contributed by atoms with Gasteiger partial charge in [0.25, 0.3) is 0 Å². The lowest BCUT2D eigenvalue weighted by atomic mass is 10.2. The molecule has 0 radical (unpaired) electrons. The molecule has 1 nitrogen and oxygen atoms in total. The first-order valence-corrected chi connectivity index (χ1v) is 5.46. The summed E-state index contributed by atoms with van der Waals surface area (Å²) in [7, 11) is 0. The minimum Gasteiger partial charge on any atom is -0.264 e. The molecule has 0 aliphatic heterocycles. The van der Waals surface area contributed by atoms with Gasteiger partial charge in [0.15, 0.2) is 0 Å². The van der Waals surface area contributed by atoms with Crippen LogP contribution in [0.15, 0.2) is 30.6 Å². The Hall–Kier alpha value is -1.37. The zero-order valence-electron chi connectivity index (χ0n) is 10.7. The molecule has 0 saturated heterocycles. The van der Waals surface area contributed by atoms with E-state index >= 15 is 0 Å². The minimum atomic E-state index is 0.989. The fourth-order valence-electron chi connectivity index (χ4n) is 0.831. The first-order chi connectivity index (χ1) is 7.20. The zero-order valence-corrected chi connectivity index (χ0v) is 10.7. The summed E-state index contributed by atoms with van der Waals surface area (Å²) in [6.45, 7) is 17.6. The summed E-state index contributed by atoms with van der Waals surface area (Å²) in [5.41, 5.74) is 1.02. The topological polar surface area (TPSA) is 12.9 Å². The first kappa shape index (κ1) is 16.1. The lowest BCUT2D eigenvalue weighted by Crippen LogP contribution is -2.22. The maximum atomic E-state index is 3.99. The van der Waals surface area contributed by atoms with E-state index in [9.17, 15) is 0 Å². The molecule has 0 unspecified atom stereocenters. The van der Waals surface area contributed by atoms with E-state index in [2.05, 4.69) is 18.1 Å². The number of rotatable bonds is 1. The summed E-state index contributed by atoms with van der Waals surface area (Å²) in [5, 5.41) is 2.03. The Labute approximate surface area is 93.9 Å². The average molecular weight is 205 g/mol. The highest BCUT2D eigenvalue weighted by atomic mass is 14.6. The molecule has 84 valence electrons. The third kappa shape index (κ3) is 7.68. The molecular formula is C14H23N. The lowest BCUT2D eigenvalue weighted by molar-refractivity contribution is 1.27.